The topological polar surface area (TPSA) is 30.8 Å². The molecule has 1 aromatic rings. The first-order valence-corrected chi connectivity index (χ1v) is 4.26. The molecule has 74 valence electrons. The summed E-state index contributed by atoms with van der Waals surface area (Å²) in [6.07, 6.45) is 0. The molecule has 0 aromatic heterocycles. The first-order chi connectivity index (χ1) is 6.83. The average Bonchev–Trinajstić information content (AvgIpc) is 2.27. The Hall–Kier alpha value is -1.58. The minimum atomic E-state index is -0.564. The zero-order valence-corrected chi connectivity index (χ0v) is 7.79. The van der Waals surface area contributed by atoms with Crippen LogP contribution < -0.4 is 9.47 Å². The molecule has 0 unspecified atom stereocenters. The molecule has 0 fully saturated rings. The van der Waals surface area contributed by atoms with Gasteiger partial charge in [0.15, 0.2) is 0 Å². The maximum absolute atomic E-state index is 12.3. The summed E-state index contributed by atoms with van der Waals surface area (Å²) in [6, 6.07) is 5.27. The van der Waals surface area contributed by atoms with Gasteiger partial charge in [-0.15, -0.1) is 0 Å². The van der Waals surface area contributed by atoms with Gasteiger partial charge in [0.25, 0.3) is 0 Å². The zero-order valence-electron chi connectivity index (χ0n) is 7.79. The van der Waals surface area contributed by atoms with Gasteiger partial charge >= 0.3 is 0 Å². The molecule has 0 saturated carbocycles. The molecule has 0 aliphatic carbocycles. The Morgan fingerprint density at radius 3 is 3.14 bits per heavy atom. The van der Waals surface area contributed by atoms with E-state index in [0.29, 0.717) is 22.9 Å². The fourth-order valence-corrected chi connectivity index (χ4v) is 1.26. The smallest absolute Gasteiger partial charge is 0.149 e. The lowest BCUT2D eigenvalue weighted by atomic mass is 10.2. The molecule has 0 radical (unpaired) electrons. The van der Waals surface area contributed by atoms with Crippen LogP contribution in [0.15, 0.2) is 23.2 Å². The van der Waals surface area contributed by atoms with Gasteiger partial charge in [0.05, 0.1) is 12.8 Å². The molecule has 2 rings (SSSR count). The highest BCUT2D eigenvalue weighted by molar-refractivity contribution is 5.91. The van der Waals surface area contributed by atoms with E-state index in [0.717, 1.165) is 0 Å². The lowest BCUT2D eigenvalue weighted by molar-refractivity contribution is 0.358. The highest BCUT2D eigenvalue weighted by Gasteiger charge is 2.13. The number of halogens is 1. The molecule has 1 aromatic carbocycles. The SMILES string of the molecule is COc1ccc2c(c1)OCC(CF)=N2. The third-order valence-electron chi connectivity index (χ3n) is 1.99. The Kier molecular flexibility index (Phi) is 2.35. The van der Waals surface area contributed by atoms with Gasteiger partial charge in [0.2, 0.25) is 0 Å². The van der Waals surface area contributed by atoms with Crippen molar-refractivity contribution in [1.29, 1.82) is 0 Å². The number of hydrogen-bond donors (Lipinski definition) is 0. The third kappa shape index (κ3) is 1.55. The standard InChI is InChI=1S/C10H10FNO2/c1-13-8-2-3-9-10(4-8)14-6-7(5-11)12-9/h2-4H,5-6H2,1H3. The van der Waals surface area contributed by atoms with Crippen LogP contribution in [0.2, 0.25) is 0 Å². The van der Waals surface area contributed by atoms with E-state index in [1.54, 1.807) is 25.3 Å². The van der Waals surface area contributed by atoms with Gasteiger partial charge in [-0.1, -0.05) is 0 Å². The maximum Gasteiger partial charge on any atom is 0.149 e. The molecule has 14 heavy (non-hydrogen) atoms. The summed E-state index contributed by atoms with van der Waals surface area (Å²) in [4.78, 5) is 4.10. The highest BCUT2D eigenvalue weighted by atomic mass is 19.1. The fraction of sp³-hybridized carbons (Fsp3) is 0.300. The van der Waals surface area contributed by atoms with Crippen LogP contribution in [0.1, 0.15) is 0 Å². The van der Waals surface area contributed by atoms with Crippen LogP contribution in [0, 0.1) is 0 Å². The van der Waals surface area contributed by atoms with Gasteiger partial charge in [-0.25, -0.2) is 9.38 Å². The number of nitrogens with zero attached hydrogens (tertiary/aromatic N) is 1. The Bertz CT molecular complexity index is 376. The van der Waals surface area contributed by atoms with Crippen LogP contribution >= 0.6 is 0 Å². The largest absolute Gasteiger partial charge is 0.497 e. The zero-order chi connectivity index (χ0) is 9.97. The first kappa shape index (κ1) is 8.99. The minimum Gasteiger partial charge on any atom is -0.497 e. The van der Waals surface area contributed by atoms with E-state index >= 15 is 0 Å². The Balaban J connectivity index is 2.37. The third-order valence-corrected chi connectivity index (χ3v) is 1.99. The van der Waals surface area contributed by atoms with Crippen molar-refractivity contribution in [2.24, 2.45) is 4.99 Å². The van der Waals surface area contributed by atoms with E-state index < -0.39 is 6.67 Å². The van der Waals surface area contributed by atoms with Crippen LogP contribution in [0.4, 0.5) is 10.1 Å². The number of benzene rings is 1. The number of hydrogen-bond acceptors (Lipinski definition) is 3. The fourth-order valence-electron chi connectivity index (χ4n) is 1.26. The number of ether oxygens (including phenoxy) is 2. The van der Waals surface area contributed by atoms with Gasteiger partial charge in [0.1, 0.15) is 30.5 Å². The summed E-state index contributed by atoms with van der Waals surface area (Å²) in [6.45, 7) is -0.345. The monoisotopic (exact) mass is 195 g/mol. The second-order valence-electron chi connectivity index (χ2n) is 2.93. The van der Waals surface area contributed by atoms with Crippen molar-refractivity contribution in [2.45, 2.75) is 0 Å². The van der Waals surface area contributed by atoms with Crippen molar-refractivity contribution in [2.75, 3.05) is 20.4 Å². The molecule has 0 N–H and O–H groups in total. The van der Waals surface area contributed by atoms with Crippen molar-refractivity contribution >= 4 is 11.4 Å². The van der Waals surface area contributed by atoms with Gasteiger partial charge in [0, 0.05) is 6.07 Å². The van der Waals surface area contributed by atoms with Crippen LogP contribution in [0.5, 0.6) is 11.5 Å². The number of rotatable bonds is 2. The number of fused-ring (bicyclic) bond motifs is 1. The molecule has 1 aliphatic heterocycles. The quantitative estimate of drug-likeness (QED) is 0.723. The molecule has 4 heteroatoms. The minimum absolute atomic E-state index is 0.219. The summed E-state index contributed by atoms with van der Waals surface area (Å²) in [5.74, 6) is 1.35. The van der Waals surface area contributed by atoms with E-state index in [9.17, 15) is 4.39 Å². The molecule has 0 saturated heterocycles. The highest BCUT2D eigenvalue weighted by Crippen LogP contribution is 2.33. The normalized spacial score (nSPS) is 14.0. The molecule has 1 heterocycles. The summed E-state index contributed by atoms with van der Waals surface area (Å²) in [5, 5.41) is 0. The molecule has 0 spiro atoms. The molecule has 1 aliphatic rings. The second-order valence-corrected chi connectivity index (χ2v) is 2.93. The van der Waals surface area contributed by atoms with Crippen LogP contribution in [-0.4, -0.2) is 26.1 Å². The van der Waals surface area contributed by atoms with Gasteiger partial charge < -0.3 is 9.47 Å². The molecule has 0 bridgehead atoms. The van der Waals surface area contributed by atoms with Gasteiger partial charge in [-0.05, 0) is 12.1 Å². The second kappa shape index (κ2) is 3.65. The van der Waals surface area contributed by atoms with Crippen LogP contribution in [0.3, 0.4) is 0 Å². The van der Waals surface area contributed by atoms with Crippen LogP contribution in [0.25, 0.3) is 0 Å². The van der Waals surface area contributed by atoms with Crippen molar-refractivity contribution in [3.05, 3.63) is 18.2 Å². The maximum atomic E-state index is 12.3. The van der Waals surface area contributed by atoms with E-state index in [-0.39, 0.29) is 6.61 Å². The lowest BCUT2D eigenvalue weighted by Crippen LogP contribution is -2.16. The molecule has 3 nitrogen and oxygen atoms in total. The summed E-state index contributed by atoms with van der Waals surface area (Å²) >= 11 is 0. The number of methoxy groups -OCH3 is 1. The molecule has 0 amide bonds. The van der Waals surface area contributed by atoms with E-state index in [1.165, 1.54) is 0 Å². The van der Waals surface area contributed by atoms with E-state index in [4.69, 9.17) is 9.47 Å². The van der Waals surface area contributed by atoms with E-state index in [2.05, 4.69) is 4.99 Å². The van der Waals surface area contributed by atoms with Gasteiger partial charge in [-0.3, -0.25) is 0 Å². The Morgan fingerprint density at radius 2 is 2.43 bits per heavy atom. The summed E-state index contributed by atoms with van der Waals surface area (Å²) in [7, 11) is 1.58. The van der Waals surface area contributed by atoms with E-state index in [1.807, 2.05) is 0 Å². The lowest BCUT2D eigenvalue weighted by Gasteiger charge is -2.15. The Morgan fingerprint density at radius 1 is 1.57 bits per heavy atom. The van der Waals surface area contributed by atoms with Crippen molar-refractivity contribution in [3.8, 4) is 11.5 Å². The molecule has 0 atom stereocenters. The summed E-state index contributed by atoms with van der Waals surface area (Å²) < 4.78 is 22.6. The average molecular weight is 195 g/mol. The van der Waals surface area contributed by atoms with Gasteiger partial charge in [-0.2, -0.15) is 0 Å². The van der Waals surface area contributed by atoms with Crippen molar-refractivity contribution in [1.82, 2.24) is 0 Å². The van der Waals surface area contributed by atoms with Crippen molar-refractivity contribution < 1.29 is 13.9 Å². The summed E-state index contributed by atoms with van der Waals surface area (Å²) in [5.41, 5.74) is 1.08. The number of alkyl halides is 1. The molecular formula is C10H10FNO2. The van der Waals surface area contributed by atoms with Crippen LogP contribution in [-0.2, 0) is 0 Å². The predicted molar refractivity (Wildman–Crippen MR) is 51.6 cm³/mol. The first-order valence-electron chi connectivity index (χ1n) is 4.26. The predicted octanol–water partition coefficient (Wildman–Crippen LogP) is 2.13. The van der Waals surface area contributed by atoms with Crippen molar-refractivity contribution in [3.63, 3.8) is 0 Å². The molecular weight excluding hydrogens is 185 g/mol. The Labute approximate surface area is 81.2 Å². The number of aliphatic imine (C=N–C) groups is 1.